The minimum absolute atomic E-state index is 0.128. The zero-order valence-electron chi connectivity index (χ0n) is 23.6. The topological polar surface area (TPSA) is 108 Å². The summed E-state index contributed by atoms with van der Waals surface area (Å²) in [6, 6.07) is 10.1. The lowest BCUT2D eigenvalue weighted by Crippen LogP contribution is -2.45. The molecule has 4 heterocycles. The minimum Gasteiger partial charge on any atom is -0.309 e. The predicted octanol–water partition coefficient (Wildman–Crippen LogP) is 3.89. The van der Waals surface area contributed by atoms with Crippen LogP contribution in [0.5, 0.6) is 0 Å². The van der Waals surface area contributed by atoms with Crippen LogP contribution in [0, 0.1) is 11.8 Å². The molecular formula is C30H29F3N8O2. The fraction of sp³-hybridized carbons (Fsp3) is 0.300. The molecule has 0 bridgehead atoms. The Labute approximate surface area is 245 Å². The molecule has 1 saturated heterocycles. The largest absolute Gasteiger partial charge is 0.416 e. The fourth-order valence-electron chi connectivity index (χ4n) is 4.73. The number of halogens is 3. The molecule has 1 fully saturated rings. The highest BCUT2D eigenvalue weighted by molar-refractivity contribution is 6.04. The molecular weight excluding hydrogens is 561 g/mol. The summed E-state index contributed by atoms with van der Waals surface area (Å²) >= 11 is 0. The molecule has 3 aromatic heterocycles. The molecule has 222 valence electrons. The number of nitrogens with one attached hydrogen (secondary N) is 2. The van der Waals surface area contributed by atoms with Crippen LogP contribution in [0.2, 0.25) is 0 Å². The lowest BCUT2D eigenvalue weighted by Gasteiger charge is -2.34. The maximum Gasteiger partial charge on any atom is 0.416 e. The van der Waals surface area contributed by atoms with Crippen molar-refractivity contribution in [2.75, 3.05) is 43.4 Å². The van der Waals surface area contributed by atoms with Crippen molar-refractivity contribution in [3.63, 3.8) is 0 Å². The van der Waals surface area contributed by atoms with Crippen molar-refractivity contribution in [3.8, 4) is 11.8 Å². The zero-order valence-corrected chi connectivity index (χ0v) is 23.6. The number of anilines is 2. The average Bonchev–Trinajstić information content (AvgIpc) is 3.38. The van der Waals surface area contributed by atoms with Gasteiger partial charge in [-0.25, -0.2) is 14.5 Å². The standard InChI is InChI=1S/C30H29F3N8O2/c1-3-39-12-14-40(15-13-39)19-23-6-5-22(17-25(23)30(31,32)33)29(43)37-27-16-21(10-11-34-27)4-7-24-18-35-28-9-8-26(36-20(2)42)38-41(24)28/h5-6,8-11,16-18H,3,12-15,19H2,1-2H3,(H,34,37,43)(H,36,38,42). The number of nitrogens with zero attached hydrogens (tertiary/aromatic N) is 6. The van der Waals surface area contributed by atoms with Crippen LogP contribution in [0.4, 0.5) is 24.8 Å². The highest BCUT2D eigenvalue weighted by Crippen LogP contribution is 2.33. The van der Waals surface area contributed by atoms with E-state index in [1.165, 1.54) is 42.0 Å². The Morgan fingerprint density at radius 2 is 1.70 bits per heavy atom. The Balaban J connectivity index is 1.31. The van der Waals surface area contributed by atoms with Gasteiger partial charge in [-0.1, -0.05) is 18.9 Å². The van der Waals surface area contributed by atoms with Crippen molar-refractivity contribution in [3.05, 3.63) is 82.8 Å². The third-order valence-electron chi connectivity index (χ3n) is 6.99. The van der Waals surface area contributed by atoms with Gasteiger partial charge in [0.25, 0.3) is 5.91 Å². The third kappa shape index (κ3) is 7.35. The van der Waals surface area contributed by atoms with E-state index in [0.717, 1.165) is 25.7 Å². The molecule has 13 heteroatoms. The molecule has 0 radical (unpaired) electrons. The predicted molar refractivity (Wildman–Crippen MR) is 154 cm³/mol. The number of carbonyl (C=O) groups excluding carboxylic acids is 2. The van der Waals surface area contributed by atoms with Crippen LogP contribution in [0.3, 0.4) is 0 Å². The Morgan fingerprint density at radius 3 is 2.42 bits per heavy atom. The second-order valence-electron chi connectivity index (χ2n) is 10.0. The number of hydrogen-bond acceptors (Lipinski definition) is 7. The fourth-order valence-corrected chi connectivity index (χ4v) is 4.73. The number of benzene rings is 1. The third-order valence-corrected chi connectivity index (χ3v) is 6.99. The molecule has 0 spiro atoms. The van der Waals surface area contributed by atoms with Crippen molar-refractivity contribution < 1.29 is 22.8 Å². The summed E-state index contributed by atoms with van der Waals surface area (Å²) in [6.45, 7) is 7.50. The summed E-state index contributed by atoms with van der Waals surface area (Å²) in [4.78, 5) is 36.9. The Bertz CT molecular complexity index is 1720. The molecule has 1 aliphatic heterocycles. The number of aromatic nitrogens is 4. The number of pyridine rings is 1. The number of hydrogen-bond donors (Lipinski definition) is 2. The van der Waals surface area contributed by atoms with Gasteiger partial charge in [0.15, 0.2) is 11.5 Å². The van der Waals surface area contributed by atoms with Crippen LogP contribution in [0.25, 0.3) is 5.65 Å². The van der Waals surface area contributed by atoms with E-state index in [-0.39, 0.29) is 29.4 Å². The molecule has 10 nitrogen and oxygen atoms in total. The second kappa shape index (κ2) is 12.6. The molecule has 2 N–H and O–H groups in total. The number of alkyl halides is 3. The lowest BCUT2D eigenvalue weighted by molar-refractivity contribution is -0.138. The Morgan fingerprint density at radius 1 is 0.930 bits per heavy atom. The van der Waals surface area contributed by atoms with Gasteiger partial charge >= 0.3 is 6.18 Å². The van der Waals surface area contributed by atoms with E-state index in [1.807, 2.05) is 4.90 Å². The summed E-state index contributed by atoms with van der Waals surface area (Å²) in [5.41, 5.74) is 0.662. The average molecular weight is 591 g/mol. The van der Waals surface area contributed by atoms with E-state index >= 15 is 0 Å². The minimum atomic E-state index is -4.61. The Hall–Kier alpha value is -4.80. The van der Waals surface area contributed by atoms with Crippen LogP contribution in [0.15, 0.2) is 54.9 Å². The highest BCUT2D eigenvalue weighted by atomic mass is 19.4. The maximum absolute atomic E-state index is 14.0. The summed E-state index contributed by atoms with van der Waals surface area (Å²) in [5.74, 6) is 5.38. The first-order valence-electron chi connectivity index (χ1n) is 13.7. The molecule has 43 heavy (non-hydrogen) atoms. The number of rotatable bonds is 6. The van der Waals surface area contributed by atoms with Crippen molar-refractivity contribution in [2.24, 2.45) is 0 Å². The van der Waals surface area contributed by atoms with Gasteiger partial charge in [-0.15, -0.1) is 5.10 Å². The van der Waals surface area contributed by atoms with E-state index in [4.69, 9.17) is 0 Å². The van der Waals surface area contributed by atoms with Gasteiger partial charge in [-0.2, -0.15) is 13.2 Å². The molecule has 4 aromatic rings. The molecule has 2 amide bonds. The van der Waals surface area contributed by atoms with E-state index < -0.39 is 17.6 Å². The zero-order chi connectivity index (χ0) is 30.6. The van der Waals surface area contributed by atoms with E-state index in [2.05, 4.69) is 49.4 Å². The molecule has 1 aliphatic rings. The number of carbonyl (C=O) groups is 2. The van der Waals surface area contributed by atoms with Crippen molar-refractivity contribution >= 4 is 29.1 Å². The number of fused-ring (bicyclic) bond motifs is 1. The van der Waals surface area contributed by atoms with Crippen molar-refractivity contribution in [1.29, 1.82) is 0 Å². The van der Waals surface area contributed by atoms with Crippen molar-refractivity contribution in [2.45, 2.75) is 26.6 Å². The molecule has 0 unspecified atom stereocenters. The van der Waals surface area contributed by atoms with Gasteiger partial charge in [0.1, 0.15) is 11.5 Å². The summed E-state index contributed by atoms with van der Waals surface area (Å²) in [7, 11) is 0. The maximum atomic E-state index is 14.0. The Kier molecular flexibility index (Phi) is 8.70. The van der Waals surface area contributed by atoms with Crippen LogP contribution in [-0.4, -0.2) is 73.9 Å². The van der Waals surface area contributed by atoms with Gasteiger partial charge < -0.3 is 15.5 Å². The molecule has 5 rings (SSSR count). The van der Waals surface area contributed by atoms with Gasteiger partial charge in [-0.05, 0) is 54.4 Å². The van der Waals surface area contributed by atoms with E-state index in [9.17, 15) is 22.8 Å². The van der Waals surface area contributed by atoms with Gasteiger partial charge in [0, 0.05) is 57.0 Å². The number of piperazine rings is 1. The van der Waals surface area contributed by atoms with Gasteiger partial charge in [-0.3, -0.25) is 14.5 Å². The number of likely N-dealkylation sites (N-methyl/N-ethyl adjacent to an activating group) is 1. The van der Waals surface area contributed by atoms with Crippen LogP contribution < -0.4 is 10.6 Å². The quantitative estimate of drug-likeness (QED) is 0.328. The highest BCUT2D eigenvalue weighted by Gasteiger charge is 2.34. The number of amides is 2. The van der Waals surface area contributed by atoms with Crippen LogP contribution in [-0.2, 0) is 17.5 Å². The summed E-state index contributed by atoms with van der Waals surface area (Å²) < 4.78 is 43.5. The van der Waals surface area contributed by atoms with Crippen molar-refractivity contribution in [1.82, 2.24) is 29.4 Å². The van der Waals surface area contributed by atoms with E-state index in [1.54, 1.807) is 18.2 Å². The van der Waals surface area contributed by atoms with Crippen LogP contribution >= 0.6 is 0 Å². The second-order valence-corrected chi connectivity index (χ2v) is 10.0. The van der Waals surface area contributed by atoms with Crippen LogP contribution in [0.1, 0.15) is 46.6 Å². The normalized spacial score (nSPS) is 14.3. The van der Waals surface area contributed by atoms with Gasteiger partial charge in [0.2, 0.25) is 5.91 Å². The monoisotopic (exact) mass is 590 g/mol. The summed E-state index contributed by atoms with van der Waals surface area (Å²) in [6.07, 6.45) is -1.65. The van der Waals surface area contributed by atoms with E-state index in [0.29, 0.717) is 35.8 Å². The number of imidazole rings is 1. The first-order valence-corrected chi connectivity index (χ1v) is 13.7. The summed E-state index contributed by atoms with van der Waals surface area (Å²) in [5, 5.41) is 9.48. The SMILES string of the molecule is CCN1CCN(Cc2ccc(C(=O)Nc3cc(C#Cc4cnc5ccc(NC(C)=O)nn45)ccn3)cc2C(F)(F)F)CC1. The smallest absolute Gasteiger partial charge is 0.309 e. The first kappa shape index (κ1) is 29.7. The van der Waals surface area contributed by atoms with Gasteiger partial charge in [0.05, 0.1) is 11.8 Å². The molecule has 0 aliphatic carbocycles. The lowest BCUT2D eigenvalue weighted by atomic mass is 10.0. The first-order chi connectivity index (χ1) is 20.6. The molecule has 1 aromatic carbocycles. The molecule has 0 atom stereocenters. The molecule has 0 saturated carbocycles.